The van der Waals surface area contributed by atoms with E-state index in [-0.39, 0.29) is 6.42 Å². The van der Waals surface area contributed by atoms with Gasteiger partial charge in [-0.2, -0.15) is 65.9 Å². The SMILES string of the molecule is CCCC(CC(CC(CCCCCC(F)(C(F)(F)F)C(F)(F)F)C(F)(F)F)C(F)(F)F)C(F)(F)F. The van der Waals surface area contributed by atoms with Crippen LogP contribution in [0.2, 0.25) is 0 Å². The standard InChI is InChI=1S/C19H24F16/c1-2-6-11(15(21,22)23)9-13(17(27,28)29)10-12(16(24,25)26)7-4-3-5-8-14(20,18(30,31)32)19(33,34)35/h11-13H,2-10H2,1H3. The van der Waals surface area contributed by atoms with Crippen molar-refractivity contribution >= 4 is 0 Å². The lowest BCUT2D eigenvalue weighted by molar-refractivity contribution is -0.343. The first-order valence-electron chi connectivity index (χ1n) is 10.4. The van der Waals surface area contributed by atoms with Crippen LogP contribution in [0.4, 0.5) is 70.2 Å². The van der Waals surface area contributed by atoms with Crippen molar-refractivity contribution in [1.29, 1.82) is 0 Å². The molecule has 0 aromatic heterocycles. The molecule has 0 radical (unpaired) electrons. The number of rotatable bonds is 12. The van der Waals surface area contributed by atoms with E-state index in [4.69, 9.17) is 0 Å². The van der Waals surface area contributed by atoms with Crippen molar-refractivity contribution in [3.63, 3.8) is 0 Å². The van der Waals surface area contributed by atoms with Crippen LogP contribution in [-0.4, -0.2) is 36.6 Å². The molecule has 0 saturated carbocycles. The van der Waals surface area contributed by atoms with E-state index in [2.05, 4.69) is 0 Å². The molecule has 0 aliphatic heterocycles. The summed E-state index contributed by atoms with van der Waals surface area (Å²) in [4.78, 5) is 0. The number of hydrogen-bond donors (Lipinski definition) is 0. The predicted molar refractivity (Wildman–Crippen MR) is 91.8 cm³/mol. The van der Waals surface area contributed by atoms with Gasteiger partial charge < -0.3 is 0 Å². The van der Waals surface area contributed by atoms with Gasteiger partial charge in [0.15, 0.2) is 0 Å². The Balaban J connectivity index is 5.35. The van der Waals surface area contributed by atoms with Gasteiger partial charge in [0.25, 0.3) is 5.67 Å². The second-order valence-electron chi connectivity index (χ2n) is 8.37. The van der Waals surface area contributed by atoms with E-state index >= 15 is 0 Å². The Hall–Kier alpha value is -1.12. The van der Waals surface area contributed by atoms with Gasteiger partial charge in [0.05, 0.1) is 17.8 Å². The van der Waals surface area contributed by atoms with Crippen molar-refractivity contribution in [1.82, 2.24) is 0 Å². The largest absolute Gasteiger partial charge is 0.431 e. The van der Waals surface area contributed by atoms with E-state index in [0.717, 1.165) is 0 Å². The Morgan fingerprint density at radius 1 is 0.457 bits per heavy atom. The smallest absolute Gasteiger partial charge is 0.224 e. The molecule has 0 amide bonds. The number of halogens is 16. The van der Waals surface area contributed by atoms with Crippen molar-refractivity contribution in [2.45, 2.75) is 101 Å². The normalized spacial score (nSPS) is 17.4. The second kappa shape index (κ2) is 12.0. The summed E-state index contributed by atoms with van der Waals surface area (Å²) in [5.74, 6) is -8.33. The van der Waals surface area contributed by atoms with Crippen LogP contribution in [-0.2, 0) is 0 Å². The third-order valence-corrected chi connectivity index (χ3v) is 5.64. The molecule has 0 bridgehead atoms. The van der Waals surface area contributed by atoms with E-state index in [9.17, 15) is 70.2 Å². The second-order valence-corrected chi connectivity index (χ2v) is 8.37. The molecule has 212 valence electrons. The molecule has 16 heteroatoms. The topological polar surface area (TPSA) is 0 Å². The summed E-state index contributed by atoms with van der Waals surface area (Å²) in [6.45, 7) is 1.24. The van der Waals surface area contributed by atoms with E-state index < -0.39 is 106 Å². The minimum Gasteiger partial charge on any atom is -0.224 e. The van der Waals surface area contributed by atoms with Crippen molar-refractivity contribution in [3.05, 3.63) is 0 Å². The van der Waals surface area contributed by atoms with Gasteiger partial charge >= 0.3 is 30.9 Å². The van der Waals surface area contributed by atoms with Gasteiger partial charge in [-0.1, -0.05) is 26.2 Å². The number of unbranched alkanes of at least 4 members (excludes halogenated alkanes) is 2. The van der Waals surface area contributed by atoms with E-state index in [0.29, 0.717) is 0 Å². The summed E-state index contributed by atoms with van der Waals surface area (Å²) in [5, 5.41) is 0. The van der Waals surface area contributed by atoms with Gasteiger partial charge in [-0.15, -0.1) is 0 Å². The van der Waals surface area contributed by atoms with Gasteiger partial charge in [0.1, 0.15) is 0 Å². The number of alkyl halides is 16. The summed E-state index contributed by atoms with van der Waals surface area (Å²) in [7, 11) is 0. The van der Waals surface area contributed by atoms with Gasteiger partial charge in [-0.05, 0) is 38.5 Å². The highest BCUT2D eigenvalue weighted by Gasteiger charge is 2.71. The predicted octanol–water partition coefficient (Wildman–Crippen LogP) is 9.89. The maximum absolute atomic E-state index is 13.5. The van der Waals surface area contributed by atoms with Gasteiger partial charge in [0.2, 0.25) is 0 Å². The molecule has 0 aliphatic carbocycles. The van der Waals surface area contributed by atoms with Crippen LogP contribution in [0.1, 0.15) is 64.7 Å². The lowest BCUT2D eigenvalue weighted by atomic mass is 9.82. The average molecular weight is 556 g/mol. The maximum atomic E-state index is 13.5. The van der Waals surface area contributed by atoms with Crippen molar-refractivity contribution in [2.24, 2.45) is 17.8 Å². The van der Waals surface area contributed by atoms with Gasteiger partial charge in [-0.3, -0.25) is 0 Å². The van der Waals surface area contributed by atoms with Crippen LogP contribution in [0.5, 0.6) is 0 Å². The molecular formula is C19H24F16. The van der Waals surface area contributed by atoms with Crippen molar-refractivity contribution < 1.29 is 70.2 Å². The fourth-order valence-corrected chi connectivity index (χ4v) is 3.61. The molecule has 35 heavy (non-hydrogen) atoms. The molecule has 0 N–H and O–H groups in total. The molecule has 0 heterocycles. The summed E-state index contributed by atoms with van der Waals surface area (Å²) in [5.41, 5.74) is -5.61. The van der Waals surface area contributed by atoms with E-state index in [1.54, 1.807) is 0 Å². The first-order chi connectivity index (χ1) is 15.4. The lowest BCUT2D eigenvalue weighted by Gasteiger charge is -2.31. The molecular weight excluding hydrogens is 532 g/mol. The summed E-state index contributed by atoms with van der Waals surface area (Å²) in [6, 6.07) is 0. The Labute approximate surface area is 190 Å². The molecule has 3 atom stereocenters. The third kappa shape index (κ3) is 10.4. The fourth-order valence-electron chi connectivity index (χ4n) is 3.61. The molecule has 0 nitrogen and oxygen atoms in total. The third-order valence-electron chi connectivity index (χ3n) is 5.64. The van der Waals surface area contributed by atoms with Crippen molar-refractivity contribution in [3.8, 4) is 0 Å². The molecule has 3 unspecified atom stereocenters. The van der Waals surface area contributed by atoms with Gasteiger partial charge in [0, 0.05) is 0 Å². The first kappa shape index (κ1) is 33.9. The van der Waals surface area contributed by atoms with Crippen LogP contribution < -0.4 is 0 Å². The molecule has 0 aromatic rings. The van der Waals surface area contributed by atoms with E-state index in [1.807, 2.05) is 0 Å². The highest BCUT2D eigenvalue weighted by atomic mass is 19.4. The summed E-state index contributed by atoms with van der Waals surface area (Å²) >= 11 is 0. The zero-order chi connectivity index (χ0) is 28.1. The Morgan fingerprint density at radius 2 is 0.829 bits per heavy atom. The molecule has 0 spiro atoms. The Kier molecular flexibility index (Phi) is 11.6. The van der Waals surface area contributed by atoms with Crippen LogP contribution in [0.3, 0.4) is 0 Å². The Bertz CT molecular complexity index is 593. The zero-order valence-electron chi connectivity index (χ0n) is 18.1. The maximum Gasteiger partial charge on any atom is 0.431 e. The fraction of sp³-hybridized carbons (Fsp3) is 1.00. The molecule has 0 fully saturated rings. The Morgan fingerprint density at radius 3 is 1.14 bits per heavy atom. The number of hydrogen-bond acceptors (Lipinski definition) is 0. The van der Waals surface area contributed by atoms with Crippen LogP contribution in [0, 0.1) is 17.8 Å². The monoisotopic (exact) mass is 556 g/mol. The van der Waals surface area contributed by atoms with Crippen LogP contribution >= 0.6 is 0 Å². The van der Waals surface area contributed by atoms with Crippen molar-refractivity contribution in [2.75, 3.05) is 0 Å². The first-order valence-corrected chi connectivity index (χ1v) is 10.4. The molecule has 0 saturated heterocycles. The lowest BCUT2D eigenvalue weighted by Crippen LogP contribution is -2.53. The quantitative estimate of drug-likeness (QED) is 0.166. The summed E-state index contributed by atoms with van der Waals surface area (Å²) < 4.78 is 207. The zero-order valence-corrected chi connectivity index (χ0v) is 18.1. The minimum atomic E-state index is -6.35. The molecule has 0 aromatic carbocycles. The highest BCUT2D eigenvalue weighted by molar-refractivity contribution is 4.94. The van der Waals surface area contributed by atoms with Crippen LogP contribution in [0.15, 0.2) is 0 Å². The average Bonchev–Trinajstić information content (AvgIpc) is 2.60. The van der Waals surface area contributed by atoms with E-state index in [1.165, 1.54) is 6.92 Å². The van der Waals surface area contributed by atoms with Crippen LogP contribution in [0.25, 0.3) is 0 Å². The van der Waals surface area contributed by atoms with Gasteiger partial charge in [-0.25, -0.2) is 4.39 Å². The summed E-state index contributed by atoms with van der Waals surface area (Å²) in [6.07, 6.45) is -39.1. The molecule has 0 rings (SSSR count). The highest BCUT2D eigenvalue weighted by Crippen LogP contribution is 2.50. The molecule has 0 aliphatic rings. The minimum absolute atomic E-state index is 0.191.